The van der Waals surface area contributed by atoms with Gasteiger partial charge in [-0.05, 0) is 95.5 Å². The predicted molar refractivity (Wildman–Crippen MR) is 138 cm³/mol. The molecule has 4 rings (SSSR count). The van der Waals surface area contributed by atoms with E-state index in [0.29, 0.717) is 0 Å². The highest BCUT2D eigenvalue weighted by molar-refractivity contribution is 7.80. The van der Waals surface area contributed by atoms with Gasteiger partial charge in [0.2, 0.25) is 0 Å². The van der Waals surface area contributed by atoms with Crippen LogP contribution in [0.15, 0.2) is 48.7 Å². The molecule has 1 N–H and O–H groups in total. The van der Waals surface area contributed by atoms with E-state index in [-0.39, 0.29) is 17.6 Å². The molecule has 1 aromatic carbocycles. The van der Waals surface area contributed by atoms with Crippen molar-refractivity contribution in [1.29, 1.82) is 0 Å². The molecule has 2 atom stereocenters. The molecule has 0 radical (unpaired) electrons. The summed E-state index contributed by atoms with van der Waals surface area (Å²) in [6.07, 6.45) is 5.28. The van der Waals surface area contributed by atoms with Crippen molar-refractivity contribution in [3.8, 4) is 0 Å². The topological polar surface area (TPSA) is 34.6 Å². The third kappa shape index (κ3) is 4.26. The standard InChI is InChI=1S/C26H35N5S/c1-18-17-26(2,3)30(6)22-12-11-19(16-20(18)22)24-23(21-10-7-8-13-27-21)28-25(32)31(24)15-9-14-29(4)5/h7-8,10-13,16-17,23-24H,9,14-15H2,1-6H3,(H,28,32)/t23-,24-/m1/s1. The summed E-state index contributed by atoms with van der Waals surface area (Å²) >= 11 is 5.82. The highest BCUT2D eigenvalue weighted by Crippen LogP contribution is 2.43. The maximum absolute atomic E-state index is 5.82. The average molecular weight is 450 g/mol. The van der Waals surface area contributed by atoms with Crippen LogP contribution in [0.4, 0.5) is 5.69 Å². The quantitative estimate of drug-likeness (QED) is 0.648. The van der Waals surface area contributed by atoms with Crippen molar-refractivity contribution >= 4 is 28.6 Å². The average Bonchev–Trinajstić information content (AvgIpc) is 3.08. The summed E-state index contributed by atoms with van der Waals surface area (Å²) in [6.45, 7) is 8.69. The zero-order valence-corrected chi connectivity index (χ0v) is 20.9. The van der Waals surface area contributed by atoms with Crippen molar-refractivity contribution in [3.05, 3.63) is 65.5 Å². The molecule has 1 saturated heterocycles. The lowest BCUT2D eigenvalue weighted by atomic mass is 9.86. The van der Waals surface area contributed by atoms with E-state index >= 15 is 0 Å². The highest BCUT2D eigenvalue weighted by Gasteiger charge is 2.40. The first kappa shape index (κ1) is 22.7. The number of nitrogens with one attached hydrogen (secondary N) is 1. The molecule has 32 heavy (non-hydrogen) atoms. The van der Waals surface area contributed by atoms with Crippen LogP contribution in [-0.4, -0.2) is 59.7 Å². The van der Waals surface area contributed by atoms with Gasteiger partial charge in [-0.25, -0.2) is 0 Å². The third-order valence-corrected chi connectivity index (χ3v) is 7.14. The van der Waals surface area contributed by atoms with Gasteiger partial charge in [0.25, 0.3) is 0 Å². The van der Waals surface area contributed by atoms with Crippen LogP contribution in [0.1, 0.15) is 56.1 Å². The van der Waals surface area contributed by atoms with Gasteiger partial charge in [0.1, 0.15) is 0 Å². The third-order valence-electron chi connectivity index (χ3n) is 6.78. The number of rotatable bonds is 6. The Hall–Kier alpha value is -2.44. The van der Waals surface area contributed by atoms with Crippen molar-refractivity contribution in [2.45, 2.75) is 44.8 Å². The minimum Gasteiger partial charge on any atom is -0.366 e. The fourth-order valence-electron chi connectivity index (χ4n) is 4.93. The molecule has 5 nitrogen and oxygen atoms in total. The molecule has 3 heterocycles. The SMILES string of the molecule is CC1=CC(C)(C)N(C)c2ccc([C@@H]3[C@@H](c4ccccn4)NC(=S)N3CCCN(C)C)cc21. The summed E-state index contributed by atoms with van der Waals surface area (Å²) in [6, 6.07) is 13.2. The number of likely N-dealkylation sites (N-methyl/N-ethyl adjacent to an activating group) is 1. The Balaban J connectivity index is 1.74. The van der Waals surface area contributed by atoms with E-state index in [2.05, 4.69) is 103 Å². The van der Waals surface area contributed by atoms with Gasteiger partial charge in [0.05, 0.1) is 23.3 Å². The number of thiocarbonyl (C=S) groups is 1. The van der Waals surface area contributed by atoms with E-state index in [1.807, 2.05) is 12.3 Å². The van der Waals surface area contributed by atoms with Gasteiger partial charge in [-0.15, -0.1) is 0 Å². The first-order chi connectivity index (χ1) is 15.2. The number of benzene rings is 1. The number of nitrogens with zero attached hydrogens (tertiary/aromatic N) is 4. The second kappa shape index (κ2) is 8.83. The van der Waals surface area contributed by atoms with Crippen molar-refractivity contribution < 1.29 is 0 Å². The number of hydrogen-bond donors (Lipinski definition) is 1. The molecule has 0 saturated carbocycles. The summed E-state index contributed by atoms with van der Waals surface area (Å²) in [5, 5.41) is 4.39. The van der Waals surface area contributed by atoms with Crippen molar-refractivity contribution in [2.75, 3.05) is 39.1 Å². The van der Waals surface area contributed by atoms with E-state index in [0.717, 1.165) is 30.3 Å². The Kier molecular flexibility index (Phi) is 6.28. The maximum Gasteiger partial charge on any atom is 0.170 e. The summed E-state index contributed by atoms with van der Waals surface area (Å²) in [7, 11) is 6.41. The minimum atomic E-state index is 0.00376. The van der Waals surface area contributed by atoms with E-state index in [1.165, 1.54) is 22.4 Å². The largest absolute Gasteiger partial charge is 0.366 e. The Labute approximate surface area is 198 Å². The fraction of sp³-hybridized carbons (Fsp3) is 0.462. The second-order valence-electron chi connectivity index (χ2n) is 9.79. The van der Waals surface area contributed by atoms with Crippen LogP contribution < -0.4 is 10.2 Å². The summed E-state index contributed by atoms with van der Waals surface area (Å²) < 4.78 is 0. The summed E-state index contributed by atoms with van der Waals surface area (Å²) in [5.41, 5.74) is 6.21. The molecule has 0 amide bonds. The zero-order chi connectivity index (χ0) is 23.0. The number of fused-ring (bicyclic) bond motifs is 1. The van der Waals surface area contributed by atoms with Gasteiger partial charge in [-0.1, -0.05) is 18.2 Å². The molecule has 1 fully saturated rings. The van der Waals surface area contributed by atoms with E-state index in [1.54, 1.807) is 0 Å². The van der Waals surface area contributed by atoms with E-state index in [9.17, 15) is 0 Å². The molecule has 6 heteroatoms. The van der Waals surface area contributed by atoms with Crippen molar-refractivity contribution in [3.63, 3.8) is 0 Å². The van der Waals surface area contributed by atoms with Gasteiger partial charge in [0, 0.05) is 31.0 Å². The molecular weight excluding hydrogens is 414 g/mol. The second-order valence-corrected chi connectivity index (χ2v) is 10.2. The molecule has 0 spiro atoms. The maximum atomic E-state index is 5.82. The summed E-state index contributed by atoms with van der Waals surface area (Å²) in [5.74, 6) is 0. The first-order valence-electron chi connectivity index (χ1n) is 11.4. The monoisotopic (exact) mass is 449 g/mol. The molecule has 2 aliphatic heterocycles. The first-order valence-corrected chi connectivity index (χ1v) is 11.8. The number of hydrogen-bond acceptors (Lipinski definition) is 4. The number of anilines is 1. The number of pyridine rings is 1. The lowest BCUT2D eigenvalue weighted by Crippen LogP contribution is -2.42. The van der Waals surface area contributed by atoms with Crippen molar-refractivity contribution in [1.82, 2.24) is 20.1 Å². The summed E-state index contributed by atoms with van der Waals surface area (Å²) in [4.78, 5) is 11.6. The molecule has 0 unspecified atom stereocenters. The van der Waals surface area contributed by atoms with Crippen LogP contribution in [0, 0.1) is 0 Å². The van der Waals surface area contributed by atoms with Crippen LogP contribution in [0.2, 0.25) is 0 Å². The van der Waals surface area contributed by atoms with Crippen LogP contribution in [0.25, 0.3) is 5.57 Å². The van der Waals surface area contributed by atoms with Gasteiger partial charge in [-0.3, -0.25) is 4.98 Å². The molecule has 2 aliphatic rings. The molecule has 170 valence electrons. The van der Waals surface area contributed by atoms with Crippen LogP contribution in [-0.2, 0) is 0 Å². The molecule has 2 aromatic rings. The number of allylic oxidation sites excluding steroid dienone is 1. The Morgan fingerprint density at radius 2 is 1.97 bits per heavy atom. The van der Waals surface area contributed by atoms with Gasteiger partial charge < -0.3 is 20.0 Å². The number of aromatic nitrogens is 1. The molecule has 0 bridgehead atoms. The lowest BCUT2D eigenvalue weighted by Gasteiger charge is -2.41. The smallest absolute Gasteiger partial charge is 0.170 e. The minimum absolute atomic E-state index is 0.00376. The molecule has 0 aliphatic carbocycles. The Morgan fingerprint density at radius 3 is 2.66 bits per heavy atom. The fourth-order valence-corrected chi connectivity index (χ4v) is 5.26. The normalized spacial score (nSPS) is 22.1. The Bertz CT molecular complexity index is 1010. The van der Waals surface area contributed by atoms with Gasteiger partial charge in [-0.2, -0.15) is 0 Å². The predicted octanol–water partition coefficient (Wildman–Crippen LogP) is 4.64. The lowest BCUT2D eigenvalue weighted by molar-refractivity contribution is 0.293. The van der Waals surface area contributed by atoms with Gasteiger partial charge in [0.15, 0.2) is 5.11 Å². The Morgan fingerprint density at radius 1 is 1.19 bits per heavy atom. The van der Waals surface area contributed by atoms with E-state index < -0.39 is 0 Å². The highest BCUT2D eigenvalue weighted by atomic mass is 32.1. The van der Waals surface area contributed by atoms with Crippen LogP contribution in [0.5, 0.6) is 0 Å². The molecule has 1 aromatic heterocycles. The molecular formula is C26H35N5S. The van der Waals surface area contributed by atoms with Crippen LogP contribution in [0.3, 0.4) is 0 Å². The zero-order valence-electron chi connectivity index (χ0n) is 20.1. The van der Waals surface area contributed by atoms with E-state index in [4.69, 9.17) is 12.2 Å². The van der Waals surface area contributed by atoms with Crippen molar-refractivity contribution in [2.24, 2.45) is 0 Å². The van der Waals surface area contributed by atoms with Gasteiger partial charge >= 0.3 is 0 Å². The van der Waals surface area contributed by atoms with Crippen LogP contribution >= 0.6 is 12.2 Å².